The second kappa shape index (κ2) is 7.49. The first-order valence-corrected chi connectivity index (χ1v) is 8.49. The largest absolute Gasteiger partial charge is 0.463 e. The summed E-state index contributed by atoms with van der Waals surface area (Å²) in [7, 11) is 0. The number of furan rings is 1. The summed E-state index contributed by atoms with van der Waals surface area (Å²) in [4.78, 5) is 17.5. The van der Waals surface area contributed by atoms with E-state index < -0.39 is 0 Å². The van der Waals surface area contributed by atoms with Crippen LogP contribution in [0.2, 0.25) is 0 Å². The number of benzene rings is 1. The van der Waals surface area contributed by atoms with Gasteiger partial charge in [-0.3, -0.25) is 4.79 Å². The number of rotatable bonds is 6. The van der Waals surface area contributed by atoms with Crippen molar-refractivity contribution in [2.24, 2.45) is 5.92 Å². The highest BCUT2D eigenvalue weighted by atomic mass is 16.3. The van der Waals surface area contributed by atoms with E-state index in [0.717, 1.165) is 17.3 Å². The summed E-state index contributed by atoms with van der Waals surface area (Å²) in [5.41, 5.74) is 1.86. The smallest absolute Gasteiger partial charge is 0.252 e. The lowest BCUT2D eigenvalue weighted by atomic mass is 9.99. The van der Waals surface area contributed by atoms with Gasteiger partial charge < -0.3 is 14.8 Å². The van der Waals surface area contributed by atoms with Crippen LogP contribution < -0.4 is 5.32 Å². The monoisotopic (exact) mass is 338 g/mol. The van der Waals surface area contributed by atoms with Gasteiger partial charge >= 0.3 is 0 Å². The molecule has 0 fully saturated rings. The van der Waals surface area contributed by atoms with Gasteiger partial charge in [0.1, 0.15) is 5.69 Å². The Bertz CT molecular complexity index is 859. The lowest BCUT2D eigenvalue weighted by molar-refractivity contribution is 0.0893. The highest BCUT2D eigenvalue weighted by Crippen LogP contribution is 2.25. The lowest BCUT2D eigenvalue weighted by Crippen LogP contribution is -2.42. The molecule has 0 radical (unpaired) electrons. The van der Waals surface area contributed by atoms with Crippen molar-refractivity contribution in [3.05, 3.63) is 54.3 Å². The molecule has 2 aromatic heterocycles. The van der Waals surface area contributed by atoms with Crippen molar-refractivity contribution in [1.82, 2.24) is 10.3 Å². The summed E-state index contributed by atoms with van der Waals surface area (Å²) >= 11 is 0. The average Bonchev–Trinajstić information content (AvgIpc) is 3.19. The zero-order chi connectivity index (χ0) is 17.8. The summed E-state index contributed by atoms with van der Waals surface area (Å²) in [5.74, 6) is 0.581. The molecule has 2 heterocycles. The van der Waals surface area contributed by atoms with Crippen molar-refractivity contribution in [1.29, 1.82) is 0 Å². The van der Waals surface area contributed by atoms with E-state index in [0.29, 0.717) is 17.0 Å². The first-order chi connectivity index (χ1) is 12.1. The van der Waals surface area contributed by atoms with Gasteiger partial charge in [-0.2, -0.15) is 0 Å². The van der Waals surface area contributed by atoms with E-state index in [2.05, 4.69) is 10.3 Å². The van der Waals surface area contributed by atoms with E-state index >= 15 is 0 Å². The second-order valence-corrected chi connectivity index (χ2v) is 6.20. The number of aliphatic hydroxyl groups is 1. The summed E-state index contributed by atoms with van der Waals surface area (Å²) in [5, 5.41) is 13.3. The third-order valence-corrected chi connectivity index (χ3v) is 4.58. The molecule has 130 valence electrons. The van der Waals surface area contributed by atoms with Crippen molar-refractivity contribution in [2.75, 3.05) is 6.61 Å². The SMILES string of the molecule is CC[C@H](C)[C@H](CO)NC(=O)c1cc(-c2ccco2)nc2ccccc12. The predicted molar refractivity (Wildman–Crippen MR) is 97.2 cm³/mol. The van der Waals surface area contributed by atoms with Crippen LogP contribution in [0.15, 0.2) is 53.1 Å². The van der Waals surface area contributed by atoms with Gasteiger partial charge in [0.2, 0.25) is 0 Å². The van der Waals surface area contributed by atoms with Crippen molar-refractivity contribution in [2.45, 2.75) is 26.3 Å². The van der Waals surface area contributed by atoms with Gasteiger partial charge in [-0.1, -0.05) is 38.5 Å². The zero-order valence-corrected chi connectivity index (χ0v) is 14.4. The van der Waals surface area contributed by atoms with E-state index in [1.165, 1.54) is 0 Å². The maximum atomic E-state index is 12.9. The summed E-state index contributed by atoms with van der Waals surface area (Å²) < 4.78 is 5.43. The number of carbonyl (C=O) groups is 1. The molecule has 25 heavy (non-hydrogen) atoms. The Kier molecular flexibility index (Phi) is 5.14. The Morgan fingerprint density at radius 2 is 2.08 bits per heavy atom. The molecule has 3 aromatic rings. The van der Waals surface area contributed by atoms with Crippen LogP contribution >= 0.6 is 0 Å². The normalized spacial score (nSPS) is 13.6. The van der Waals surface area contributed by atoms with Crippen LogP contribution in [0.1, 0.15) is 30.6 Å². The molecule has 5 heteroatoms. The number of nitrogens with zero attached hydrogens (tertiary/aromatic N) is 1. The minimum atomic E-state index is -0.281. The molecule has 1 amide bonds. The maximum absolute atomic E-state index is 12.9. The average molecular weight is 338 g/mol. The fourth-order valence-corrected chi connectivity index (χ4v) is 2.81. The van der Waals surface area contributed by atoms with Crippen LogP contribution in [-0.2, 0) is 0 Å². The Labute approximate surface area is 146 Å². The lowest BCUT2D eigenvalue weighted by Gasteiger charge is -2.22. The molecule has 2 N–H and O–H groups in total. The van der Waals surface area contributed by atoms with Crippen LogP contribution in [0, 0.1) is 5.92 Å². The van der Waals surface area contributed by atoms with Gasteiger partial charge in [0.05, 0.1) is 30.0 Å². The fraction of sp³-hybridized carbons (Fsp3) is 0.300. The molecule has 0 unspecified atom stereocenters. The van der Waals surface area contributed by atoms with Crippen molar-refractivity contribution < 1.29 is 14.3 Å². The van der Waals surface area contributed by atoms with E-state index in [1.54, 1.807) is 18.4 Å². The van der Waals surface area contributed by atoms with Crippen molar-refractivity contribution in [3.63, 3.8) is 0 Å². The van der Waals surface area contributed by atoms with Gasteiger partial charge in [0.25, 0.3) is 5.91 Å². The first kappa shape index (κ1) is 17.2. The number of para-hydroxylation sites is 1. The van der Waals surface area contributed by atoms with E-state index in [1.807, 2.05) is 44.2 Å². The molecule has 0 spiro atoms. The molecule has 0 aliphatic rings. The molecule has 0 saturated carbocycles. The standard InChI is InChI=1S/C20H22N2O3/c1-3-13(2)18(12-23)22-20(24)15-11-17(19-9-6-10-25-19)21-16-8-5-4-7-14(15)16/h4-11,13,18,23H,3,12H2,1-2H3,(H,22,24)/t13-,18-/m0/s1. The quantitative estimate of drug-likeness (QED) is 0.719. The highest BCUT2D eigenvalue weighted by Gasteiger charge is 2.21. The summed E-state index contributed by atoms with van der Waals surface area (Å²) in [6.07, 6.45) is 2.46. The van der Waals surface area contributed by atoms with Crippen molar-refractivity contribution >= 4 is 16.8 Å². The fourth-order valence-electron chi connectivity index (χ4n) is 2.81. The number of amides is 1. The highest BCUT2D eigenvalue weighted by molar-refractivity contribution is 6.07. The van der Waals surface area contributed by atoms with Crippen molar-refractivity contribution in [3.8, 4) is 11.5 Å². The Morgan fingerprint density at radius 3 is 2.76 bits per heavy atom. The molecule has 2 atom stereocenters. The van der Waals surface area contributed by atoms with Crippen LogP contribution in [0.25, 0.3) is 22.4 Å². The Hall–Kier alpha value is -2.66. The van der Waals surface area contributed by atoms with E-state index in [-0.39, 0.29) is 24.5 Å². The molecule has 0 saturated heterocycles. The molecule has 5 nitrogen and oxygen atoms in total. The van der Waals surface area contributed by atoms with E-state index in [4.69, 9.17) is 4.42 Å². The van der Waals surface area contributed by atoms with Gasteiger partial charge in [-0.05, 0) is 30.2 Å². The minimum absolute atomic E-state index is 0.0885. The number of nitrogens with one attached hydrogen (secondary N) is 1. The number of hydrogen-bond donors (Lipinski definition) is 2. The number of hydrogen-bond acceptors (Lipinski definition) is 4. The van der Waals surface area contributed by atoms with Gasteiger partial charge in [-0.15, -0.1) is 0 Å². The molecule has 3 rings (SSSR count). The third-order valence-electron chi connectivity index (χ3n) is 4.58. The Morgan fingerprint density at radius 1 is 1.28 bits per heavy atom. The number of fused-ring (bicyclic) bond motifs is 1. The molecule has 1 aromatic carbocycles. The molecule has 0 aliphatic carbocycles. The van der Waals surface area contributed by atoms with Gasteiger partial charge in [0, 0.05) is 5.39 Å². The predicted octanol–water partition coefficient (Wildman–Crippen LogP) is 3.63. The maximum Gasteiger partial charge on any atom is 0.252 e. The number of aliphatic hydroxyl groups excluding tert-OH is 1. The van der Waals surface area contributed by atoms with E-state index in [9.17, 15) is 9.90 Å². The topological polar surface area (TPSA) is 75.4 Å². The molecular weight excluding hydrogens is 316 g/mol. The number of pyridine rings is 1. The van der Waals surface area contributed by atoms with Crippen LogP contribution in [0.3, 0.4) is 0 Å². The van der Waals surface area contributed by atoms with Gasteiger partial charge in [-0.25, -0.2) is 4.98 Å². The third kappa shape index (κ3) is 3.56. The minimum Gasteiger partial charge on any atom is -0.463 e. The second-order valence-electron chi connectivity index (χ2n) is 6.20. The van der Waals surface area contributed by atoms with Crippen LogP contribution in [0.5, 0.6) is 0 Å². The summed E-state index contributed by atoms with van der Waals surface area (Å²) in [6, 6.07) is 12.6. The summed E-state index contributed by atoms with van der Waals surface area (Å²) in [6.45, 7) is 3.96. The number of carbonyl (C=O) groups excluding carboxylic acids is 1. The van der Waals surface area contributed by atoms with Gasteiger partial charge in [0.15, 0.2) is 5.76 Å². The molecule has 0 bridgehead atoms. The molecular formula is C20H22N2O3. The zero-order valence-electron chi connectivity index (χ0n) is 14.4. The first-order valence-electron chi connectivity index (χ1n) is 8.49. The van der Waals surface area contributed by atoms with Crippen LogP contribution in [0.4, 0.5) is 0 Å². The molecule has 0 aliphatic heterocycles. The number of aromatic nitrogens is 1. The van der Waals surface area contributed by atoms with Crippen LogP contribution in [-0.4, -0.2) is 28.6 Å². The Balaban J connectivity index is 2.03.